The van der Waals surface area contributed by atoms with Crippen molar-refractivity contribution in [2.24, 2.45) is 0 Å². The summed E-state index contributed by atoms with van der Waals surface area (Å²) in [5, 5.41) is 14.6. The first-order chi connectivity index (χ1) is 9.22. The minimum atomic E-state index is -0.155. The molecule has 0 saturated heterocycles. The van der Waals surface area contributed by atoms with Crippen LogP contribution < -0.4 is 5.32 Å². The number of hydrogen-bond acceptors (Lipinski definition) is 6. The zero-order valence-electron chi connectivity index (χ0n) is 10.2. The van der Waals surface area contributed by atoms with Crippen molar-refractivity contribution in [3.05, 3.63) is 33.5 Å². The van der Waals surface area contributed by atoms with E-state index in [1.54, 1.807) is 17.5 Å². The fourth-order valence-corrected chi connectivity index (χ4v) is 3.06. The predicted octanol–water partition coefficient (Wildman–Crippen LogP) is 1.53. The van der Waals surface area contributed by atoms with Gasteiger partial charge in [-0.1, -0.05) is 0 Å². The average Bonchev–Trinajstić information content (AvgIpc) is 3.03. The second kappa shape index (κ2) is 5.06. The van der Waals surface area contributed by atoms with Crippen LogP contribution >= 0.6 is 22.7 Å². The maximum Gasteiger partial charge on any atom is 0.271 e. The van der Waals surface area contributed by atoms with Gasteiger partial charge in [-0.2, -0.15) is 0 Å². The largest absolute Gasteiger partial charge is 0.350 e. The van der Waals surface area contributed by atoms with E-state index < -0.39 is 0 Å². The Bertz CT molecular complexity index is 685. The molecule has 0 saturated carbocycles. The Morgan fingerprint density at radius 3 is 3.11 bits per heavy atom. The van der Waals surface area contributed by atoms with E-state index >= 15 is 0 Å². The Kier molecular flexibility index (Phi) is 3.26. The van der Waals surface area contributed by atoms with Crippen LogP contribution in [0.25, 0.3) is 4.96 Å². The minimum Gasteiger partial charge on any atom is -0.350 e. The molecule has 98 valence electrons. The number of nitrogens with one attached hydrogen (secondary N) is 1. The summed E-state index contributed by atoms with van der Waals surface area (Å²) in [5.41, 5.74) is 0.445. The number of amides is 1. The maximum atomic E-state index is 11.9. The second-order valence-electron chi connectivity index (χ2n) is 3.94. The lowest BCUT2D eigenvalue weighted by Crippen LogP contribution is -2.25. The van der Waals surface area contributed by atoms with E-state index in [9.17, 15) is 4.79 Å². The number of carbonyl (C=O) groups is 1. The van der Waals surface area contributed by atoms with E-state index in [-0.39, 0.29) is 5.91 Å². The van der Waals surface area contributed by atoms with Crippen LogP contribution in [0, 0.1) is 6.92 Å². The number of nitrogens with zero attached hydrogens (tertiary/aromatic N) is 4. The molecule has 0 aliphatic rings. The molecule has 0 fully saturated rings. The van der Waals surface area contributed by atoms with Crippen molar-refractivity contribution in [3.63, 3.8) is 0 Å². The standard InChI is InChI=1S/C11H11N5OS2/c1-7-14-15-9(19-7)2-3-12-10(17)8-6-16-4-5-18-11(16)13-8/h4-6H,2-3H2,1H3,(H,12,17). The van der Waals surface area contributed by atoms with Gasteiger partial charge in [-0.3, -0.25) is 9.20 Å². The van der Waals surface area contributed by atoms with E-state index in [4.69, 9.17) is 0 Å². The molecule has 0 bridgehead atoms. The van der Waals surface area contributed by atoms with Crippen LogP contribution in [-0.2, 0) is 6.42 Å². The molecule has 0 radical (unpaired) electrons. The molecule has 3 rings (SSSR count). The Hall–Kier alpha value is -1.80. The normalized spacial score (nSPS) is 11.0. The highest BCUT2D eigenvalue weighted by Crippen LogP contribution is 2.11. The van der Waals surface area contributed by atoms with Crippen molar-refractivity contribution < 1.29 is 4.79 Å². The van der Waals surface area contributed by atoms with Crippen LogP contribution in [0.4, 0.5) is 0 Å². The van der Waals surface area contributed by atoms with Crippen LogP contribution in [0.15, 0.2) is 17.8 Å². The lowest BCUT2D eigenvalue weighted by atomic mass is 10.4. The van der Waals surface area contributed by atoms with Gasteiger partial charge < -0.3 is 5.32 Å². The van der Waals surface area contributed by atoms with Gasteiger partial charge in [-0.25, -0.2) is 4.98 Å². The number of rotatable bonds is 4. The summed E-state index contributed by atoms with van der Waals surface area (Å²) in [6.45, 7) is 2.45. The van der Waals surface area contributed by atoms with Crippen molar-refractivity contribution >= 4 is 33.5 Å². The smallest absolute Gasteiger partial charge is 0.271 e. The van der Waals surface area contributed by atoms with Crippen molar-refractivity contribution in [3.8, 4) is 0 Å². The van der Waals surface area contributed by atoms with Crippen LogP contribution in [0.3, 0.4) is 0 Å². The molecule has 3 aromatic rings. The quantitative estimate of drug-likeness (QED) is 0.792. The van der Waals surface area contributed by atoms with Crippen LogP contribution in [0.1, 0.15) is 20.5 Å². The first-order valence-corrected chi connectivity index (χ1v) is 7.41. The Labute approximate surface area is 117 Å². The third-order valence-electron chi connectivity index (χ3n) is 2.52. The Morgan fingerprint density at radius 2 is 2.37 bits per heavy atom. The van der Waals surface area contributed by atoms with Gasteiger partial charge in [0.2, 0.25) is 0 Å². The fraction of sp³-hybridized carbons (Fsp3) is 0.273. The highest BCUT2D eigenvalue weighted by Gasteiger charge is 2.11. The predicted molar refractivity (Wildman–Crippen MR) is 73.8 cm³/mol. The van der Waals surface area contributed by atoms with Crippen molar-refractivity contribution in [2.75, 3.05) is 6.54 Å². The van der Waals surface area contributed by atoms with Crippen molar-refractivity contribution in [2.45, 2.75) is 13.3 Å². The molecule has 6 nitrogen and oxygen atoms in total. The SMILES string of the molecule is Cc1nnc(CCNC(=O)c2cn3ccsc3n2)s1. The molecule has 1 N–H and O–H groups in total. The average molecular weight is 293 g/mol. The number of aryl methyl sites for hydroxylation is 1. The van der Waals surface area contributed by atoms with Gasteiger partial charge in [0.05, 0.1) is 0 Å². The number of hydrogen-bond donors (Lipinski definition) is 1. The van der Waals surface area contributed by atoms with Crippen LogP contribution in [-0.4, -0.2) is 32.0 Å². The topological polar surface area (TPSA) is 72.2 Å². The third kappa shape index (κ3) is 2.64. The summed E-state index contributed by atoms with van der Waals surface area (Å²) in [6, 6.07) is 0. The fourth-order valence-electron chi connectivity index (χ4n) is 1.65. The second-order valence-corrected chi connectivity index (χ2v) is 6.08. The molecule has 0 aliphatic carbocycles. The lowest BCUT2D eigenvalue weighted by Gasteiger charge is -2.00. The summed E-state index contributed by atoms with van der Waals surface area (Å²) in [7, 11) is 0. The highest BCUT2D eigenvalue weighted by atomic mass is 32.1. The number of thiazole rings is 1. The number of aromatic nitrogens is 4. The molecule has 1 amide bonds. The van der Waals surface area contributed by atoms with E-state index in [1.165, 1.54) is 11.3 Å². The molecule has 0 atom stereocenters. The maximum absolute atomic E-state index is 11.9. The number of fused-ring (bicyclic) bond motifs is 1. The molecule has 3 aromatic heterocycles. The summed E-state index contributed by atoms with van der Waals surface area (Å²) in [6.07, 6.45) is 4.31. The molecular weight excluding hydrogens is 282 g/mol. The van der Waals surface area contributed by atoms with Gasteiger partial charge in [0, 0.05) is 30.7 Å². The van der Waals surface area contributed by atoms with Gasteiger partial charge in [0.1, 0.15) is 15.7 Å². The van der Waals surface area contributed by atoms with Crippen molar-refractivity contribution in [1.29, 1.82) is 0 Å². The molecule has 0 spiro atoms. The third-order valence-corrected chi connectivity index (χ3v) is 4.19. The van der Waals surface area contributed by atoms with Gasteiger partial charge in [-0.15, -0.1) is 32.9 Å². The molecular formula is C11H11N5OS2. The van der Waals surface area contributed by atoms with E-state index in [1.807, 2.05) is 22.9 Å². The van der Waals surface area contributed by atoms with E-state index in [0.717, 1.165) is 15.0 Å². The lowest BCUT2D eigenvalue weighted by molar-refractivity contribution is 0.0950. The zero-order valence-corrected chi connectivity index (χ0v) is 11.8. The molecule has 8 heteroatoms. The highest BCUT2D eigenvalue weighted by molar-refractivity contribution is 7.15. The molecule has 0 unspecified atom stereocenters. The molecule has 0 aromatic carbocycles. The van der Waals surface area contributed by atoms with Gasteiger partial charge >= 0.3 is 0 Å². The van der Waals surface area contributed by atoms with Gasteiger partial charge in [0.25, 0.3) is 5.91 Å². The molecule has 0 aliphatic heterocycles. The van der Waals surface area contributed by atoms with Gasteiger partial charge in [-0.05, 0) is 6.92 Å². The number of carbonyl (C=O) groups excluding carboxylic acids is 1. The Balaban J connectivity index is 1.58. The van der Waals surface area contributed by atoms with Crippen LogP contribution in [0.5, 0.6) is 0 Å². The van der Waals surface area contributed by atoms with Gasteiger partial charge in [0.15, 0.2) is 4.96 Å². The summed E-state index contributed by atoms with van der Waals surface area (Å²) >= 11 is 3.05. The number of imidazole rings is 1. The van der Waals surface area contributed by atoms with Crippen molar-refractivity contribution in [1.82, 2.24) is 24.9 Å². The summed E-state index contributed by atoms with van der Waals surface area (Å²) in [4.78, 5) is 17.0. The zero-order chi connectivity index (χ0) is 13.2. The minimum absolute atomic E-state index is 0.155. The Morgan fingerprint density at radius 1 is 1.47 bits per heavy atom. The van der Waals surface area contributed by atoms with Crippen LogP contribution in [0.2, 0.25) is 0 Å². The summed E-state index contributed by atoms with van der Waals surface area (Å²) < 4.78 is 1.84. The summed E-state index contributed by atoms with van der Waals surface area (Å²) in [5.74, 6) is -0.155. The first-order valence-electron chi connectivity index (χ1n) is 5.72. The first kappa shape index (κ1) is 12.2. The molecule has 3 heterocycles. The van der Waals surface area contributed by atoms with E-state index in [0.29, 0.717) is 18.7 Å². The van der Waals surface area contributed by atoms with E-state index in [2.05, 4.69) is 20.5 Å². The molecule has 19 heavy (non-hydrogen) atoms. The monoisotopic (exact) mass is 293 g/mol.